The molecule has 0 aliphatic heterocycles. The van der Waals surface area contributed by atoms with Crippen LogP contribution in [0.3, 0.4) is 0 Å². The van der Waals surface area contributed by atoms with Crippen molar-refractivity contribution in [2.75, 3.05) is 12.4 Å². The summed E-state index contributed by atoms with van der Waals surface area (Å²) in [6, 6.07) is 5.92. The molecule has 0 amide bonds. The number of benzene rings is 1. The molecule has 0 saturated carbocycles. The first-order valence-electron chi connectivity index (χ1n) is 5.60. The van der Waals surface area contributed by atoms with Gasteiger partial charge in [-0.05, 0) is 32.0 Å². The van der Waals surface area contributed by atoms with Crippen molar-refractivity contribution in [3.63, 3.8) is 0 Å². The molecule has 18 heavy (non-hydrogen) atoms. The van der Waals surface area contributed by atoms with Gasteiger partial charge in [-0.25, -0.2) is 4.98 Å². The zero-order valence-corrected chi connectivity index (χ0v) is 13.0. The molecule has 1 heterocycles. The minimum Gasteiger partial charge on any atom is -0.495 e. The SMILES string of the molecule is COc1ccc(Br)cc1NCc1sc(C)nc1C. The molecule has 1 aromatic carbocycles. The Morgan fingerprint density at radius 1 is 1.39 bits per heavy atom. The minimum atomic E-state index is 0.768. The third kappa shape index (κ3) is 3.03. The number of thiazole rings is 1. The van der Waals surface area contributed by atoms with Crippen molar-refractivity contribution < 1.29 is 4.74 Å². The zero-order valence-electron chi connectivity index (χ0n) is 10.6. The summed E-state index contributed by atoms with van der Waals surface area (Å²) in [6.45, 7) is 4.84. The monoisotopic (exact) mass is 326 g/mol. The fourth-order valence-electron chi connectivity index (χ4n) is 1.73. The first-order chi connectivity index (χ1) is 8.60. The lowest BCUT2D eigenvalue weighted by Gasteiger charge is -2.11. The molecule has 0 aliphatic rings. The highest BCUT2D eigenvalue weighted by atomic mass is 79.9. The predicted octanol–water partition coefficient (Wildman–Crippen LogP) is 4.14. The molecule has 0 spiro atoms. The van der Waals surface area contributed by atoms with Crippen molar-refractivity contribution in [2.45, 2.75) is 20.4 Å². The van der Waals surface area contributed by atoms with Gasteiger partial charge in [0.1, 0.15) is 5.75 Å². The van der Waals surface area contributed by atoms with Gasteiger partial charge in [-0.3, -0.25) is 0 Å². The Balaban J connectivity index is 2.14. The summed E-state index contributed by atoms with van der Waals surface area (Å²) >= 11 is 5.19. The van der Waals surface area contributed by atoms with E-state index < -0.39 is 0 Å². The molecule has 1 aromatic heterocycles. The van der Waals surface area contributed by atoms with E-state index in [1.165, 1.54) is 4.88 Å². The van der Waals surface area contributed by atoms with Crippen LogP contribution in [-0.2, 0) is 6.54 Å². The Kier molecular flexibility index (Phi) is 4.24. The van der Waals surface area contributed by atoms with Gasteiger partial charge >= 0.3 is 0 Å². The van der Waals surface area contributed by atoms with Crippen molar-refractivity contribution >= 4 is 33.0 Å². The van der Waals surface area contributed by atoms with Gasteiger partial charge in [0.15, 0.2) is 0 Å². The first-order valence-corrected chi connectivity index (χ1v) is 7.21. The fraction of sp³-hybridized carbons (Fsp3) is 0.308. The summed E-state index contributed by atoms with van der Waals surface area (Å²) in [5, 5.41) is 4.49. The lowest BCUT2D eigenvalue weighted by Crippen LogP contribution is -2.01. The fourth-order valence-corrected chi connectivity index (χ4v) is 2.97. The number of hydrogen-bond donors (Lipinski definition) is 1. The Hall–Kier alpha value is -1.07. The molecule has 0 fully saturated rings. The Labute approximate surface area is 119 Å². The van der Waals surface area contributed by atoms with Crippen molar-refractivity contribution in [1.82, 2.24) is 4.98 Å². The first kappa shape index (κ1) is 13.4. The van der Waals surface area contributed by atoms with E-state index in [2.05, 4.69) is 26.2 Å². The van der Waals surface area contributed by atoms with Crippen LogP contribution in [0.15, 0.2) is 22.7 Å². The normalized spacial score (nSPS) is 10.4. The molecule has 0 bridgehead atoms. The van der Waals surface area contributed by atoms with E-state index in [0.29, 0.717) is 0 Å². The van der Waals surface area contributed by atoms with E-state index >= 15 is 0 Å². The molecule has 0 atom stereocenters. The second-order valence-electron chi connectivity index (χ2n) is 3.94. The van der Waals surface area contributed by atoms with Crippen LogP contribution in [-0.4, -0.2) is 12.1 Å². The Bertz CT molecular complexity index is 554. The van der Waals surface area contributed by atoms with Gasteiger partial charge in [0.05, 0.1) is 30.0 Å². The van der Waals surface area contributed by atoms with Crippen LogP contribution < -0.4 is 10.1 Å². The van der Waals surface area contributed by atoms with Crippen LogP contribution in [0.1, 0.15) is 15.6 Å². The van der Waals surface area contributed by atoms with Crippen LogP contribution in [0.2, 0.25) is 0 Å². The van der Waals surface area contributed by atoms with Gasteiger partial charge in [0, 0.05) is 9.35 Å². The number of rotatable bonds is 4. The number of anilines is 1. The van der Waals surface area contributed by atoms with Gasteiger partial charge in [0.2, 0.25) is 0 Å². The van der Waals surface area contributed by atoms with Crippen LogP contribution in [0.4, 0.5) is 5.69 Å². The quantitative estimate of drug-likeness (QED) is 0.916. The highest BCUT2D eigenvalue weighted by Gasteiger charge is 2.07. The van der Waals surface area contributed by atoms with Gasteiger partial charge < -0.3 is 10.1 Å². The zero-order chi connectivity index (χ0) is 13.1. The van der Waals surface area contributed by atoms with E-state index in [9.17, 15) is 0 Å². The largest absolute Gasteiger partial charge is 0.495 e. The smallest absolute Gasteiger partial charge is 0.142 e. The third-order valence-electron chi connectivity index (χ3n) is 2.60. The van der Waals surface area contributed by atoms with Gasteiger partial charge in [-0.15, -0.1) is 11.3 Å². The van der Waals surface area contributed by atoms with Crippen molar-refractivity contribution in [1.29, 1.82) is 0 Å². The second-order valence-corrected chi connectivity index (χ2v) is 6.14. The lowest BCUT2D eigenvalue weighted by atomic mass is 10.3. The number of methoxy groups -OCH3 is 1. The van der Waals surface area contributed by atoms with E-state index in [-0.39, 0.29) is 0 Å². The van der Waals surface area contributed by atoms with E-state index in [1.807, 2.05) is 32.0 Å². The van der Waals surface area contributed by atoms with Crippen molar-refractivity contribution in [3.05, 3.63) is 38.3 Å². The molecule has 1 N–H and O–H groups in total. The minimum absolute atomic E-state index is 0.768. The molecule has 0 saturated heterocycles. The summed E-state index contributed by atoms with van der Waals surface area (Å²) in [7, 11) is 1.68. The maximum absolute atomic E-state index is 5.33. The summed E-state index contributed by atoms with van der Waals surface area (Å²) in [5.41, 5.74) is 2.08. The highest BCUT2D eigenvalue weighted by molar-refractivity contribution is 9.10. The molecule has 5 heteroatoms. The summed E-state index contributed by atoms with van der Waals surface area (Å²) in [6.07, 6.45) is 0. The summed E-state index contributed by atoms with van der Waals surface area (Å²) < 4.78 is 6.36. The van der Waals surface area contributed by atoms with E-state index in [4.69, 9.17) is 4.74 Å². The maximum atomic E-state index is 5.33. The highest BCUT2D eigenvalue weighted by Crippen LogP contribution is 2.29. The number of aryl methyl sites for hydroxylation is 2. The maximum Gasteiger partial charge on any atom is 0.142 e. The molecule has 0 aliphatic carbocycles. The van der Waals surface area contributed by atoms with Gasteiger partial charge in [-0.1, -0.05) is 15.9 Å². The van der Waals surface area contributed by atoms with Crippen LogP contribution in [0, 0.1) is 13.8 Å². The van der Waals surface area contributed by atoms with E-state index in [0.717, 1.165) is 33.2 Å². The third-order valence-corrected chi connectivity index (χ3v) is 4.17. The van der Waals surface area contributed by atoms with Gasteiger partial charge in [0.25, 0.3) is 0 Å². The second kappa shape index (κ2) is 5.71. The number of ether oxygens (including phenoxy) is 1. The standard InChI is InChI=1S/C13H15BrN2OS/c1-8-13(18-9(2)16-8)7-15-11-6-10(14)4-5-12(11)17-3/h4-6,15H,7H2,1-3H3. The molecule has 2 rings (SSSR count). The van der Waals surface area contributed by atoms with Crippen LogP contribution >= 0.6 is 27.3 Å². The predicted molar refractivity (Wildman–Crippen MR) is 79.6 cm³/mol. The molecule has 3 nitrogen and oxygen atoms in total. The lowest BCUT2D eigenvalue weighted by molar-refractivity contribution is 0.416. The molecular weight excluding hydrogens is 312 g/mol. The number of hydrogen-bond acceptors (Lipinski definition) is 4. The molecule has 2 aromatic rings. The Morgan fingerprint density at radius 3 is 2.78 bits per heavy atom. The van der Waals surface area contributed by atoms with Crippen LogP contribution in [0.25, 0.3) is 0 Å². The molecular formula is C13H15BrN2OS. The summed E-state index contributed by atoms with van der Waals surface area (Å²) in [4.78, 5) is 5.68. The molecule has 96 valence electrons. The molecule has 0 unspecified atom stereocenters. The van der Waals surface area contributed by atoms with Crippen molar-refractivity contribution in [2.24, 2.45) is 0 Å². The average Bonchev–Trinajstić information content (AvgIpc) is 2.65. The topological polar surface area (TPSA) is 34.1 Å². The van der Waals surface area contributed by atoms with Gasteiger partial charge in [-0.2, -0.15) is 0 Å². The van der Waals surface area contributed by atoms with Crippen LogP contribution in [0.5, 0.6) is 5.75 Å². The number of nitrogens with zero attached hydrogens (tertiary/aromatic N) is 1. The van der Waals surface area contributed by atoms with Crippen molar-refractivity contribution in [3.8, 4) is 5.75 Å². The Morgan fingerprint density at radius 2 is 2.17 bits per heavy atom. The number of halogens is 1. The molecule has 0 radical (unpaired) electrons. The number of nitrogens with one attached hydrogen (secondary N) is 1. The number of aromatic nitrogens is 1. The van der Waals surface area contributed by atoms with E-state index in [1.54, 1.807) is 18.4 Å². The summed E-state index contributed by atoms with van der Waals surface area (Å²) in [5.74, 6) is 0.845. The average molecular weight is 327 g/mol.